The van der Waals surface area contributed by atoms with Crippen LogP contribution in [0.25, 0.3) is 0 Å². The second kappa shape index (κ2) is 1.58. The van der Waals surface area contributed by atoms with E-state index in [0.717, 1.165) is 0 Å². The van der Waals surface area contributed by atoms with E-state index in [2.05, 4.69) is 5.73 Å². The van der Waals surface area contributed by atoms with Crippen LogP contribution in [-0.2, 0) is 0 Å². The molecule has 0 aromatic rings. The maximum absolute atomic E-state index is 9.89. The topological polar surface area (TPSA) is 50.7 Å². The standard InChI is InChI=1S/C4H10NO/c1-4(2,5)3-6/h3,5H2,1-2H3/q-1/p+1. The molecular weight excluding hydrogens is 78.0 g/mol. The number of hydrogen-bond donors (Lipinski definition) is 1. The van der Waals surface area contributed by atoms with Crippen molar-refractivity contribution >= 4 is 0 Å². The van der Waals surface area contributed by atoms with Crippen molar-refractivity contribution < 1.29 is 10.8 Å². The Labute approximate surface area is 38.0 Å². The van der Waals surface area contributed by atoms with Gasteiger partial charge in [-0.05, 0) is 13.8 Å². The average Bonchev–Trinajstić information content (AvgIpc) is 1.35. The predicted molar refractivity (Wildman–Crippen MR) is 21.8 cm³/mol. The molecule has 0 aliphatic carbocycles. The molecule has 0 atom stereocenters. The molecule has 0 saturated carbocycles. The summed E-state index contributed by atoms with van der Waals surface area (Å²) in [4.78, 5) is 0. The van der Waals surface area contributed by atoms with Crippen LogP contribution in [0, 0.1) is 0 Å². The molecule has 0 heterocycles. The molecule has 0 amide bonds. The van der Waals surface area contributed by atoms with E-state index in [9.17, 15) is 5.11 Å². The highest BCUT2D eigenvalue weighted by atomic mass is 16.3. The minimum atomic E-state index is -0.264. The van der Waals surface area contributed by atoms with Crippen molar-refractivity contribution in [3.05, 3.63) is 0 Å². The molecule has 0 radical (unpaired) electrons. The van der Waals surface area contributed by atoms with Gasteiger partial charge in [0.05, 0.1) is 5.54 Å². The zero-order chi connectivity index (χ0) is 5.21. The minimum absolute atomic E-state index is 0.0903. The first-order valence-corrected chi connectivity index (χ1v) is 2.00. The van der Waals surface area contributed by atoms with Gasteiger partial charge in [0.2, 0.25) is 0 Å². The lowest BCUT2D eigenvalue weighted by atomic mass is 10.1. The first-order valence-electron chi connectivity index (χ1n) is 2.00. The first-order chi connectivity index (χ1) is 2.56. The van der Waals surface area contributed by atoms with Gasteiger partial charge in [0.25, 0.3) is 0 Å². The second-order valence-electron chi connectivity index (χ2n) is 2.31. The molecule has 6 heavy (non-hydrogen) atoms. The van der Waals surface area contributed by atoms with E-state index in [-0.39, 0.29) is 12.1 Å². The molecular formula is C4H11NO. The quantitative estimate of drug-likeness (QED) is 0.412. The monoisotopic (exact) mass is 89.1 g/mol. The SMILES string of the molecule is CC(C)([NH3+])C[O-]. The molecule has 3 N–H and O–H groups in total. The fourth-order valence-electron chi connectivity index (χ4n) is 0. The van der Waals surface area contributed by atoms with Crippen molar-refractivity contribution in [3.63, 3.8) is 0 Å². The number of rotatable bonds is 1. The lowest BCUT2D eigenvalue weighted by Gasteiger charge is -2.16. The fourth-order valence-corrected chi connectivity index (χ4v) is 0. The summed E-state index contributed by atoms with van der Waals surface area (Å²) in [6.45, 7) is 3.55. The van der Waals surface area contributed by atoms with Gasteiger partial charge in [-0.15, -0.1) is 0 Å². The van der Waals surface area contributed by atoms with Gasteiger partial charge in [0, 0.05) is 0 Å². The van der Waals surface area contributed by atoms with Crippen molar-refractivity contribution in [3.8, 4) is 0 Å². The van der Waals surface area contributed by atoms with Gasteiger partial charge in [-0.25, -0.2) is 0 Å². The van der Waals surface area contributed by atoms with Crippen LogP contribution < -0.4 is 10.8 Å². The molecule has 0 aliphatic heterocycles. The van der Waals surface area contributed by atoms with E-state index in [1.165, 1.54) is 0 Å². The third-order valence-electron chi connectivity index (χ3n) is 0.391. The van der Waals surface area contributed by atoms with Crippen molar-refractivity contribution in [1.29, 1.82) is 0 Å². The van der Waals surface area contributed by atoms with Gasteiger partial charge in [0.15, 0.2) is 0 Å². The van der Waals surface area contributed by atoms with Gasteiger partial charge in [-0.3, -0.25) is 0 Å². The maximum Gasteiger partial charge on any atom is 0.0735 e. The van der Waals surface area contributed by atoms with Crippen LogP contribution in [0.5, 0.6) is 0 Å². The molecule has 0 fully saturated rings. The van der Waals surface area contributed by atoms with Crippen molar-refractivity contribution in [1.82, 2.24) is 0 Å². The summed E-state index contributed by atoms with van der Waals surface area (Å²) in [7, 11) is 0. The summed E-state index contributed by atoms with van der Waals surface area (Å²) in [6, 6.07) is 0. The van der Waals surface area contributed by atoms with Crippen LogP contribution in [-0.4, -0.2) is 12.1 Å². The Bertz CT molecular complexity index is 37.3. The normalized spacial score (nSPS) is 12.0. The highest BCUT2D eigenvalue weighted by Crippen LogP contribution is 1.83. The Morgan fingerprint density at radius 2 is 1.83 bits per heavy atom. The Balaban J connectivity index is 3.17. The van der Waals surface area contributed by atoms with E-state index in [1.54, 1.807) is 0 Å². The first kappa shape index (κ1) is 5.92. The van der Waals surface area contributed by atoms with Crippen molar-refractivity contribution in [2.75, 3.05) is 6.61 Å². The Hall–Kier alpha value is -0.0800. The third kappa shape index (κ3) is 3.92. The summed E-state index contributed by atoms with van der Waals surface area (Å²) in [5.74, 6) is 0. The van der Waals surface area contributed by atoms with Crippen LogP contribution in [0.3, 0.4) is 0 Å². The molecule has 0 aromatic heterocycles. The van der Waals surface area contributed by atoms with E-state index in [0.29, 0.717) is 0 Å². The molecule has 2 nitrogen and oxygen atoms in total. The summed E-state index contributed by atoms with van der Waals surface area (Å²) >= 11 is 0. The molecule has 2 heteroatoms. The number of hydrogen-bond acceptors (Lipinski definition) is 1. The van der Waals surface area contributed by atoms with E-state index < -0.39 is 0 Å². The average molecular weight is 89.1 g/mol. The lowest BCUT2D eigenvalue weighted by Crippen LogP contribution is -2.72. The zero-order valence-electron chi connectivity index (χ0n) is 4.32. The molecule has 0 aromatic carbocycles. The molecule has 0 rings (SSSR count). The molecule has 0 bridgehead atoms. The minimum Gasteiger partial charge on any atom is -0.850 e. The second-order valence-corrected chi connectivity index (χ2v) is 2.31. The van der Waals surface area contributed by atoms with Crippen LogP contribution in [0.4, 0.5) is 0 Å². The zero-order valence-corrected chi connectivity index (χ0v) is 4.32. The third-order valence-corrected chi connectivity index (χ3v) is 0.391. The molecule has 0 unspecified atom stereocenters. The van der Waals surface area contributed by atoms with Gasteiger partial charge in [-0.1, -0.05) is 6.61 Å². The van der Waals surface area contributed by atoms with Gasteiger partial charge in [-0.2, -0.15) is 0 Å². The Morgan fingerprint density at radius 1 is 1.67 bits per heavy atom. The Kier molecular flexibility index (Phi) is 1.56. The predicted octanol–water partition coefficient (Wildman–Crippen LogP) is -1.63. The molecule has 0 spiro atoms. The number of quaternary nitrogens is 1. The van der Waals surface area contributed by atoms with Gasteiger partial charge >= 0.3 is 0 Å². The van der Waals surface area contributed by atoms with Gasteiger partial charge < -0.3 is 10.8 Å². The van der Waals surface area contributed by atoms with Crippen LogP contribution in [0.1, 0.15) is 13.8 Å². The van der Waals surface area contributed by atoms with Gasteiger partial charge in [0.1, 0.15) is 0 Å². The van der Waals surface area contributed by atoms with Crippen LogP contribution >= 0.6 is 0 Å². The highest BCUT2D eigenvalue weighted by Gasteiger charge is 2.04. The van der Waals surface area contributed by atoms with Crippen LogP contribution in [0.2, 0.25) is 0 Å². The largest absolute Gasteiger partial charge is 0.850 e. The molecule has 0 aliphatic rings. The Morgan fingerprint density at radius 3 is 1.83 bits per heavy atom. The van der Waals surface area contributed by atoms with Crippen molar-refractivity contribution in [2.45, 2.75) is 19.4 Å². The lowest BCUT2D eigenvalue weighted by molar-refractivity contribution is -0.530. The van der Waals surface area contributed by atoms with E-state index in [1.807, 2.05) is 13.8 Å². The van der Waals surface area contributed by atoms with Crippen molar-refractivity contribution in [2.24, 2.45) is 0 Å². The summed E-state index contributed by atoms with van der Waals surface area (Å²) in [5, 5.41) is 9.89. The smallest absolute Gasteiger partial charge is 0.0735 e. The summed E-state index contributed by atoms with van der Waals surface area (Å²) in [6.07, 6.45) is 0. The molecule has 38 valence electrons. The summed E-state index contributed by atoms with van der Waals surface area (Å²) < 4.78 is 0. The van der Waals surface area contributed by atoms with E-state index >= 15 is 0 Å². The van der Waals surface area contributed by atoms with E-state index in [4.69, 9.17) is 0 Å². The molecule has 0 saturated heterocycles. The maximum atomic E-state index is 9.89. The summed E-state index contributed by atoms with van der Waals surface area (Å²) in [5.41, 5.74) is 3.31. The fraction of sp³-hybridized carbons (Fsp3) is 1.00. The highest BCUT2D eigenvalue weighted by molar-refractivity contribution is 4.56. The van der Waals surface area contributed by atoms with Crippen LogP contribution in [0.15, 0.2) is 0 Å².